The zero-order chi connectivity index (χ0) is 29.9. The molecular weight excluding hydrogens is 548 g/mol. The maximum absolute atomic E-state index is 13.1. The number of fused-ring (bicyclic) bond motifs is 1. The van der Waals surface area contributed by atoms with Crippen LogP contribution in [0.5, 0.6) is 23.0 Å². The molecule has 4 unspecified atom stereocenters. The van der Waals surface area contributed by atoms with Gasteiger partial charge in [0.05, 0.1) is 17.8 Å². The van der Waals surface area contributed by atoms with E-state index in [1.165, 1.54) is 26.0 Å². The highest BCUT2D eigenvalue weighted by molar-refractivity contribution is 5.92. The minimum atomic E-state index is -1.82. The third kappa shape index (κ3) is 4.89. The molecule has 2 aromatic carbocycles. The first-order valence-electron chi connectivity index (χ1n) is 12.6. The number of rotatable bonds is 4. The zero-order valence-corrected chi connectivity index (χ0v) is 21.6. The van der Waals surface area contributed by atoms with Gasteiger partial charge >= 0.3 is 0 Å². The fourth-order valence-electron chi connectivity index (χ4n) is 4.96. The van der Waals surface area contributed by atoms with Crippen molar-refractivity contribution in [1.29, 1.82) is 0 Å². The summed E-state index contributed by atoms with van der Waals surface area (Å²) in [6, 6.07) is 5.67. The third-order valence-electron chi connectivity index (χ3n) is 7.30. The van der Waals surface area contributed by atoms with E-state index in [4.69, 9.17) is 18.6 Å². The van der Waals surface area contributed by atoms with E-state index in [1.54, 1.807) is 0 Å². The molecule has 2 aliphatic rings. The lowest BCUT2D eigenvalue weighted by molar-refractivity contribution is -0.314. The van der Waals surface area contributed by atoms with Gasteiger partial charge in [-0.15, -0.1) is 0 Å². The molecule has 0 radical (unpaired) electrons. The smallest absolute Gasteiger partial charge is 0.197 e. The van der Waals surface area contributed by atoms with Crippen LogP contribution in [0.1, 0.15) is 25.5 Å². The maximum atomic E-state index is 13.1. The number of aliphatic hydroxyl groups is 4. The van der Waals surface area contributed by atoms with Crippen molar-refractivity contribution in [2.24, 2.45) is 0 Å². The Morgan fingerprint density at radius 2 is 1.49 bits per heavy atom. The number of hydrogen-bond acceptors (Lipinski definition) is 14. The Kier molecular flexibility index (Phi) is 7.42. The number of phenols is 4. The number of aromatic hydroxyl groups is 4. The van der Waals surface area contributed by atoms with Crippen molar-refractivity contribution >= 4 is 16.8 Å². The average molecular weight is 577 g/mol. The largest absolute Gasteiger partial charge is 0.507 e. The summed E-state index contributed by atoms with van der Waals surface area (Å²) in [7, 11) is 0. The van der Waals surface area contributed by atoms with Gasteiger partial charge in [0.25, 0.3) is 0 Å². The first-order chi connectivity index (χ1) is 19.3. The first kappa shape index (κ1) is 28.8. The second-order valence-corrected chi connectivity index (χ2v) is 10.1. The molecule has 0 saturated carbocycles. The molecule has 1 aromatic heterocycles. The van der Waals surface area contributed by atoms with Crippen molar-refractivity contribution in [2.75, 3.05) is 0 Å². The summed E-state index contributed by atoms with van der Waals surface area (Å²) in [5.74, 6) is -3.42. The molecular formula is C27H28O14. The maximum Gasteiger partial charge on any atom is 0.197 e. The number of ketones is 1. The topological polar surface area (TPSA) is 237 Å². The predicted molar refractivity (Wildman–Crippen MR) is 136 cm³/mol. The summed E-state index contributed by atoms with van der Waals surface area (Å²) in [6.45, 7) is 2.74. The van der Waals surface area contributed by atoms with Crippen LogP contribution >= 0.6 is 0 Å². The van der Waals surface area contributed by atoms with Crippen LogP contribution in [-0.2, 0) is 19.0 Å². The number of carbonyl (C=O) groups is 1. The Labute approximate surface area is 230 Å². The Bertz CT molecular complexity index is 1550. The van der Waals surface area contributed by atoms with Gasteiger partial charge in [0.1, 0.15) is 58.7 Å². The van der Waals surface area contributed by atoms with E-state index >= 15 is 0 Å². The predicted octanol–water partition coefficient (Wildman–Crippen LogP) is -0.115. The molecule has 8 N–H and O–H groups in total. The Morgan fingerprint density at radius 3 is 2.17 bits per heavy atom. The minimum absolute atomic E-state index is 0.0651. The number of Topliss-reactive ketones (excluding diaryl/α,β-unsaturated/α-hetero) is 1. The first-order valence-corrected chi connectivity index (χ1v) is 12.6. The van der Waals surface area contributed by atoms with Crippen molar-refractivity contribution in [3.63, 3.8) is 0 Å². The monoisotopic (exact) mass is 576 g/mol. The Balaban J connectivity index is 1.58. The standard InChI is InChI=1S/C27H28O14/c1-8-20(33)23(36)26(41-27-24(37)22(35)19(32)9(2)39-27)25(38-8)18-14(31)7-16-17(21(18)34)13(30)6-15(40-16)10-3-4-11(28)12(29)5-10/h3-9,19-20,22,24-29,31-35,37H,1-2H3/t8?,9?,19-,20+,22?,24-,25-,26?,27-/m0/s1. The second kappa shape index (κ2) is 10.6. The number of hydrogen-bond donors (Lipinski definition) is 8. The van der Waals surface area contributed by atoms with Crippen molar-refractivity contribution in [2.45, 2.75) is 69.0 Å². The summed E-state index contributed by atoms with van der Waals surface area (Å²) in [5, 5.41) is 82.0. The highest BCUT2D eigenvalue weighted by Gasteiger charge is 2.50. The van der Waals surface area contributed by atoms with E-state index < -0.39 is 100 Å². The molecule has 14 nitrogen and oxygen atoms in total. The van der Waals surface area contributed by atoms with E-state index in [0.29, 0.717) is 0 Å². The molecule has 41 heavy (non-hydrogen) atoms. The molecule has 14 heteroatoms. The van der Waals surface area contributed by atoms with Crippen molar-refractivity contribution < 1.29 is 64.3 Å². The molecule has 5 rings (SSSR count). The van der Waals surface area contributed by atoms with Crippen molar-refractivity contribution in [3.05, 3.63) is 46.1 Å². The molecule has 0 bridgehead atoms. The normalized spacial score (nSPS) is 32.3. The molecule has 2 aliphatic heterocycles. The molecule has 0 aliphatic carbocycles. The quantitative estimate of drug-likeness (QED) is 0.189. The third-order valence-corrected chi connectivity index (χ3v) is 7.30. The molecule has 2 saturated heterocycles. The van der Waals surface area contributed by atoms with Crippen LogP contribution in [0.25, 0.3) is 22.3 Å². The van der Waals surface area contributed by atoms with Gasteiger partial charge in [0, 0.05) is 17.7 Å². The van der Waals surface area contributed by atoms with E-state index in [2.05, 4.69) is 0 Å². The van der Waals surface area contributed by atoms with Gasteiger partial charge in [-0.05, 0) is 32.0 Å². The summed E-state index contributed by atoms with van der Waals surface area (Å²) in [4.78, 5) is 26.3. The Morgan fingerprint density at radius 1 is 0.780 bits per heavy atom. The molecule has 3 heterocycles. The fourth-order valence-corrected chi connectivity index (χ4v) is 4.96. The number of ether oxygens (including phenoxy) is 3. The van der Waals surface area contributed by atoms with Gasteiger partial charge in [0.15, 0.2) is 35.1 Å². The highest BCUT2D eigenvalue weighted by Crippen LogP contribution is 2.45. The molecule has 0 spiro atoms. The fraction of sp³-hybridized carbons (Fsp3) is 0.407. The molecule has 220 valence electrons. The number of phenolic OH excluding ortho intramolecular Hbond substituents is 4. The van der Waals surface area contributed by atoms with Crippen LogP contribution in [0.3, 0.4) is 0 Å². The zero-order valence-electron chi connectivity index (χ0n) is 21.6. The van der Waals surface area contributed by atoms with Crippen LogP contribution in [0.4, 0.5) is 0 Å². The summed E-state index contributed by atoms with van der Waals surface area (Å²) in [5.41, 5.74) is -1.32. The van der Waals surface area contributed by atoms with E-state index in [0.717, 1.165) is 18.2 Å². The summed E-state index contributed by atoms with van der Waals surface area (Å²) < 4.78 is 22.5. The summed E-state index contributed by atoms with van der Waals surface area (Å²) >= 11 is 0. The number of aliphatic hydroxyl groups excluding tert-OH is 4. The van der Waals surface area contributed by atoms with Crippen LogP contribution in [-0.4, -0.2) is 95.7 Å². The van der Waals surface area contributed by atoms with E-state index in [-0.39, 0.29) is 16.9 Å². The SMILES string of the molecule is CC1O[C@@H](OC2C(=O)[C@H](O)C(C)O[C@H]2c2c(O)cc3oc(-c4ccc(O)c(O)c4)cc(=O)c3c2O)[C@@H](O)C(O)[C@H]1O. The van der Waals surface area contributed by atoms with Gasteiger partial charge in [0.2, 0.25) is 0 Å². The van der Waals surface area contributed by atoms with E-state index in [1.807, 2.05) is 0 Å². The van der Waals surface area contributed by atoms with Crippen molar-refractivity contribution in [3.8, 4) is 34.3 Å². The van der Waals surface area contributed by atoms with Gasteiger partial charge in [-0.1, -0.05) is 0 Å². The van der Waals surface area contributed by atoms with Crippen LogP contribution in [0.2, 0.25) is 0 Å². The lowest BCUT2D eigenvalue weighted by Crippen LogP contribution is -2.60. The average Bonchev–Trinajstić information content (AvgIpc) is 2.92. The van der Waals surface area contributed by atoms with Crippen LogP contribution in [0, 0.1) is 0 Å². The number of carbonyl (C=O) groups excluding carboxylic acids is 1. The van der Waals surface area contributed by atoms with Crippen LogP contribution in [0.15, 0.2) is 39.5 Å². The van der Waals surface area contributed by atoms with E-state index in [9.17, 15) is 50.4 Å². The van der Waals surface area contributed by atoms with Crippen molar-refractivity contribution in [1.82, 2.24) is 0 Å². The second-order valence-electron chi connectivity index (χ2n) is 10.1. The lowest BCUT2D eigenvalue weighted by Gasteiger charge is -2.43. The van der Waals surface area contributed by atoms with Crippen LogP contribution < -0.4 is 5.43 Å². The molecule has 2 fully saturated rings. The molecule has 3 aromatic rings. The molecule has 9 atom stereocenters. The molecule has 0 amide bonds. The summed E-state index contributed by atoms with van der Waals surface area (Å²) in [6.07, 6.45) is -14.1. The van der Waals surface area contributed by atoms with Gasteiger partial charge < -0.3 is 59.5 Å². The highest BCUT2D eigenvalue weighted by atomic mass is 16.7. The minimum Gasteiger partial charge on any atom is -0.507 e. The lowest BCUT2D eigenvalue weighted by atomic mass is 9.90. The van der Waals surface area contributed by atoms with Gasteiger partial charge in [-0.25, -0.2) is 0 Å². The Hall–Kier alpha value is -3.76. The van der Waals surface area contributed by atoms with Gasteiger partial charge in [-0.3, -0.25) is 9.59 Å². The van der Waals surface area contributed by atoms with Gasteiger partial charge in [-0.2, -0.15) is 0 Å². The number of benzene rings is 2.